The lowest BCUT2D eigenvalue weighted by atomic mass is 10.2. The van der Waals surface area contributed by atoms with Gasteiger partial charge in [0.05, 0.1) is 11.9 Å². The number of benzene rings is 1. The molecular formula is C22H24FN7O3. The molecule has 10 nitrogen and oxygen atoms in total. The summed E-state index contributed by atoms with van der Waals surface area (Å²) < 4.78 is 21.9. The molecule has 0 radical (unpaired) electrons. The molecule has 172 valence electrons. The predicted molar refractivity (Wildman–Crippen MR) is 121 cm³/mol. The van der Waals surface area contributed by atoms with Crippen LogP contribution in [-0.2, 0) is 17.8 Å². The molecule has 0 fully saturated rings. The summed E-state index contributed by atoms with van der Waals surface area (Å²) in [7, 11) is 0. The van der Waals surface area contributed by atoms with Gasteiger partial charge in [-0.1, -0.05) is 20.4 Å². The molecule has 2 aromatic heterocycles. The second kappa shape index (κ2) is 10.4. The molecule has 3 aromatic rings. The van der Waals surface area contributed by atoms with Crippen molar-refractivity contribution in [1.29, 1.82) is 0 Å². The van der Waals surface area contributed by atoms with E-state index in [9.17, 15) is 14.0 Å². The molecule has 0 unspecified atom stereocenters. The van der Waals surface area contributed by atoms with Crippen molar-refractivity contribution in [2.45, 2.75) is 33.2 Å². The highest BCUT2D eigenvalue weighted by Gasteiger charge is 2.20. The number of halogens is 1. The molecule has 0 saturated carbocycles. The van der Waals surface area contributed by atoms with Crippen LogP contribution in [0, 0.1) is 5.82 Å². The number of nitrogens with two attached hydrogens (primary N) is 1. The number of nitrogens with zero attached hydrogens (tertiary/aromatic N) is 4. The summed E-state index contributed by atoms with van der Waals surface area (Å²) in [6.45, 7) is 7.90. The molecule has 2 heterocycles. The molecule has 0 aliphatic heterocycles. The number of aryl methyl sites for hydroxylation is 2. The fourth-order valence-electron chi connectivity index (χ4n) is 2.90. The predicted octanol–water partition coefficient (Wildman–Crippen LogP) is 3.54. The van der Waals surface area contributed by atoms with Crippen LogP contribution in [0.5, 0.6) is 11.6 Å². The molecule has 0 spiro atoms. The first-order chi connectivity index (χ1) is 15.8. The van der Waals surface area contributed by atoms with E-state index in [0.717, 1.165) is 25.1 Å². The van der Waals surface area contributed by atoms with E-state index in [1.807, 2.05) is 6.92 Å². The number of aromatic nitrogens is 4. The number of carbonyl (C=O) groups excluding carboxylic acids is 2. The van der Waals surface area contributed by atoms with Gasteiger partial charge in [-0.25, -0.2) is 9.37 Å². The van der Waals surface area contributed by atoms with Crippen LogP contribution in [0.15, 0.2) is 43.2 Å². The average molecular weight is 453 g/mol. The van der Waals surface area contributed by atoms with Crippen molar-refractivity contribution in [2.24, 2.45) is 5.73 Å². The molecule has 2 amide bonds. The van der Waals surface area contributed by atoms with Crippen LogP contribution in [0.2, 0.25) is 0 Å². The largest absolute Gasteiger partial charge is 0.434 e. The molecule has 0 bridgehead atoms. The van der Waals surface area contributed by atoms with E-state index < -0.39 is 17.6 Å². The molecule has 3 rings (SSSR count). The first-order valence-corrected chi connectivity index (χ1v) is 10.3. The molecule has 0 atom stereocenters. The standard InChI is InChI=1S/C22H24FN7O3/c1-4-9-30-12-14(11-25-30)27-21-19(20(24)32)28-16(5-2)22(29-21)33-17-10-13(7-8-15(17)23)26-18(31)6-3/h6-8,10-12H,3-5,9H2,1-2H3,(H2,24,32)(H,26,31)(H,27,29). The third kappa shape index (κ3) is 5.70. The van der Waals surface area contributed by atoms with Crippen molar-refractivity contribution in [2.75, 3.05) is 10.6 Å². The third-order valence-corrected chi connectivity index (χ3v) is 4.44. The molecule has 0 aliphatic carbocycles. The van der Waals surface area contributed by atoms with Gasteiger partial charge in [-0.2, -0.15) is 10.1 Å². The summed E-state index contributed by atoms with van der Waals surface area (Å²) >= 11 is 0. The fourth-order valence-corrected chi connectivity index (χ4v) is 2.90. The summed E-state index contributed by atoms with van der Waals surface area (Å²) in [5, 5.41) is 9.72. The minimum atomic E-state index is -0.785. The lowest BCUT2D eigenvalue weighted by Gasteiger charge is -2.14. The Balaban J connectivity index is 1.98. The number of ether oxygens (including phenoxy) is 1. The number of carbonyl (C=O) groups is 2. The maximum atomic E-state index is 14.4. The molecule has 11 heteroatoms. The van der Waals surface area contributed by atoms with E-state index in [2.05, 4.69) is 32.3 Å². The SMILES string of the molecule is C=CC(=O)Nc1ccc(F)c(Oc2nc(Nc3cnn(CCC)c3)c(C(N)=O)nc2CC)c1. The molecule has 0 saturated heterocycles. The first-order valence-electron chi connectivity index (χ1n) is 10.3. The Bertz CT molecular complexity index is 1190. The smallest absolute Gasteiger partial charge is 0.271 e. The Kier molecular flexibility index (Phi) is 7.34. The summed E-state index contributed by atoms with van der Waals surface area (Å²) in [4.78, 5) is 32.2. The maximum absolute atomic E-state index is 14.4. The minimum absolute atomic E-state index is 0.0166. The highest BCUT2D eigenvalue weighted by Crippen LogP contribution is 2.30. The molecule has 1 aromatic carbocycles. The van der Waals surface area contributed by atoms with Crippen molar-refractivity contribution in [3.8, 4) is 11.6 Å². The zero-order valence-electron chi connectivity index (χ0n) is 18.3. The van der Waals surface area contributed by atoms with E-state index >= 15 is 0 Å². The van der Waals surface area contributed by atoms with Gasteiger partial charge >= 0.3 is 0 Å². The monoisotopic (exact) mass is 453 g/mol. The Morgan fingerprint density at radius 2 is 2.06 bits per heavy atom. The van der Waals surface area contributed by atoms with Gasteiger partial charge in [-0.3, -0.25) is 14.3 Å². The van der Waals surface area contributed by atoms with Gasteiger partial charge in [0, 0.05) is 24.5 Å². The van der Waals surface area contributed by atoms with Crippen LogP contribution in [0.25, 0.3) is 0 Å². The minimum Gasteiger partial charge on any atom is -0.434 e. The Morgan fingerprint density at radius 1 is 1.27 bits per heavy atom. The topological polar surface area (TPSA) is 137 Å². The van der Waals surface area contributed by atoms with Gasteiger partial charge in [-0.05, 0) is 31.1 Å². The maximum Gasteiger partial charge on any atom is 0.271 e. The quantitative estimate of drug-likeness (QED) is 0.399. The Morgan fingerprint density at radius 3 is 2.73 bits per heavy atom. The molecule has 4 N–H and O–H groups in total. The zero-order chi connectivity index (χ0) is 24.0. The second-order valence-corrected chi connectivity index (χ2v) is 6.95. The van der Waals surface area contributed by atoms with Gasteiger partial charge in [0.1, 0.15) is 5.69 Å². The van der Waals surface area contributed by atoms with Gasteiger partial charge in [0.15, 0.2) is 23.1 Å². The van der Waals surface area contributed by atoms with Gasteiger partial charge < -0.3 is 21.1 Å². The van der Waals surface area contributed by atoms with Crippen LogP contribution in [0.4, 0.5) is 21.6 Å². The van der Waals surface area contributed by atoms with E-state index in [-0.39, 0.29) is 23.1 Å². The van der Waals surface area contributed by atoms with Gasteiger partial charge in [-0.15, -0.1) is 0 Å². The van der Waals surface area contributed by atoms with Crippen LogP contribution in [0.3, 0.4) is 0 Å². The van der Waals surface area contributed by atoms with Crippen LogP contribution >= 0.6 is 0 Å². The van der Waals surface area contributed by atoms with E-state index in [4.69, 9.17) is 10.5 Å². The van der Waals surface area contributed by atoms with Crippen molar-refractivity contribution >= 4 is 29.0 Å². The number of hydrogen-bond donors (Lipinski definition) is 3. The number of rotatable bonds is 10. The highest BCUT2D eigenvalue weighted by molar-refractivity contribution is 5.99. The van der Waals surface area contributed by atoms with E-state index in [1.165, 1.54) is 12.1 Å². The van der Waals surface area contributed by atoms with Crippen molar-refractivity contribution in [3.05, 3.63) is 60.5 Å². The lowest BCUT2D eigenvalue weighted by molar-refractivity contribution is -0.111. The number of primary amides is 1. The van der Waals surface area contributed by atoms with Crippen LogP contribution in [0.1, 0.15) is 36.5 Å². The van der Waals surface area contributed by atoms with Crippen LogP contribution < -0.4 is 21.1 Å². The van der Waals surface area contributed by atoms with Gasteiger partial charge in [0.2, 0.25) is 11.8 Å². The normalized spacial score (nSPS) is 10.5. The zero-order valence-corrected chi connectivity index (χ0v) is 18.3. The highest BCUT2D eigenvalue weighted by atomic mass is 19.1. The van der Waals surface area contributed by atoms with E-state index in [0.29, 0.717) is 23.5 Å². The molecule has 0 aliphatic rings. The third-order valence-electron chi connectivity index (χ3n) is 4.44. The number of amides is 2. The molecule has 33 heavy (non-hydrogen) atoms. The van der Waals surface area contributed by atoms with Crippen molar-refractivity contribution in [1.82, 2.24) is 19.7 Å². The molecular weight excluding hydrogens is 429 g/mol. The fraction of sp³-hybridized carbons (Fsp3) is 0.227. The summed E-state index contributed by atoms with van der Waals surface area (Å²) in [5.74, 6) is -2.08. The van der Waals surface area contributed by atoms with Gasteiger partial charge in [0.25, 0.3) is 5.91 Å². The van der Waals surface area contributed by atoms with Crippen molar-refractivity contribution in [3.63, 3.8) is 0 Å². The second-order valence-electron chi connectivity index (χ2n) is 6.95. The number of nitrogens with one attached hydrogen (secondary N) is 2. The Labute approximate surface area is 189 Å². The summed E-state index contributed by atoms with van der Waals surface area (Å²) in [6.07, 6.45) is 5.64. The first kappa shape index (κ1) is 23.4. The average Bonchev–Trinajstić information content (AvgIpc) is 3.23. The van der Waals surface area contributed by atoms with E-state index in [1.54, 1.807) is 24.0 Å². The summed E-state index contributed by atoms with van der Waals surface area (Å²) in [6, 6.07) is 3.83. The number of hydrogen-bond acceptors (Lipinski definition) is 7. The van der Waals surface area contributed by atoms with Crippen molar-refractivity contribution < 1.29 is 18.7 Å². The summed E-state index contributed by atoms with van der Waals surface area (Å²) in [5.41, 5.74) is 6.58. The number of anilines is 3. The Hall–Kier alpha value is -4.28. The lowest BCUT2D eigenvalue weighted by Crippen LogP contribution is -2.18. The van der Waals surface area contributed by atoms with Crippen LogP contribution in [-0.4, -0.2) is 31.6 Å².